The van der Waals surface area contributed by atoms with Gasteiger partial charge in [-0.05, 0) is 12.8 Å². The van der Waals surface area contributed by atoms with Crippen LogP contribution < -0.4 is 9.44 Å². The highest BCUT2D eigenvalue weighted by Crippen LogP contribution is 2.28. The van der Waals surface area contributed by atoms with Crippen LogP contribution in [0.3, 0.4) is 0 Å². The van der Waals surface area contributed by atoms with Crippen LogP contribution in [-0.2, 0) is 0 Å². The van der Waals surface area contributed by atoms with Crippen LogP contribution >= 0.6 is 11.0 Å². The van der Waals surface area contributed by atoms with Gasteiger partial charge in [0.05, 0.1) is 0 Å². The van der Waals surface area contributed by atoms with Gasteiger partial charge in [0.2, 0.25) is 0 Å². The molecule has 1 aliphatic rings. The quantitative estimate of drug-likeness (QED) is 0.409. The van der Waals surface area contributed by atoms with Crippen LogP contribution in [0.5, 0.6) is 0 Å². The summed E-state index contributed by atoms with van der Waals surface area (Å²) in [6.07, 6.45) is 2.01. The smallest absolute Gasteiger partial charge is 0.0161 e. The third kappa shape index (κ3) is 2.51. The van der Waals surface area contributed by atoms with Gasteiger partial charge in [-0.25, -0.2) is 9.44 Å². The van der Waals surface area contributed by atoms with E-state index in [1.165, 1.54) is 0 Å². The Morgan fingerprint density at radius 1 is 1.00 bits per heavy atom. The van der Waals surface area contributed by atoms with Gasteiger partial charge in [0.25, 0.3) is 0 Å². The summed E-state index contributed by atoms with van der Waals surface area (Å²) in [4.78, 5) is 0. The van der Waals surface area contributed by atoms with Gasteiger partial charge in [-0.2, -0.15) is 0 Å². The van der Waals surface area contributed by atoms with E-state index < -0.39 is 11.0 Å². The van der Waals surface area contributed by atoms with Crippen LogP contribution in [-0.4, -0.2) is 22.2 Å². The zero-order valence-corrected chi connectivity index (χ0v) is 5.95. The molecule has 1 saturated heterocycles. The van der Waals surface area contributed by atoms with Crippen molar-refractivity contribution < 1.29 is 9.11 Å². The van der Waals surface area contributed by atoms with Crippen molar-refractivity contribution >= 4 is 11.0 Å². The van der Waals surface area contributed by atoms with E-state index in [0.29, 0.717) is 13.1 Å². The molecule has 0 aromatic carbocycles. The molecule has 1 rings (SSSR count). The Kier molecular flexibility index (Phi) is 2.31. The minimum Gasteiger partial charge on any atom is -0.273 e. The predicted molar refractivity (Wildman–Crippen MR) is 38.1 cm³/mol. The normalized spacial score (nSPS) is 30.9. The van der Waals surface area contributed by atoms with E-state index in [2.05, 4.69) is 9.44 Å². The van der Waals surface area contributed by atoms with Crippen LogP contribution in [0.2, 0.25) is 0 Å². The Balaban J connectivity index is 2.36. The lowest BCUT2D eigenvalue weighted by Crippen LogP contribution is -2.29. The van der Waals surface area contributed by atoms with Crippen molar-refractivity contribution in [2.75, 3.05) is 13.1 Å². The van der Waals surface area contributed by atoms with Crippen LogP contribution in [0.15, 0.2) is 0 Å². The lowest BCUT2D eigenvalue weighted by molar-refractivity contribution is 0.460. The fraction of sp³-hybridized carbons (Fsp3) is 1.00. The summed E-state index contributed by atoms with van der Waals surface area (Å²) in [5.74, 6) is 0. The second-order valence-corrected chi connectivity index (χ2v) is 3.72. The molecule has 0 spiro atoms. The summed E-state index contributed by atoms with van der Waals surface area (Å²) >= 11 is 0. The molecule has 0 aliphatic carbocycles. The van der Waals surface area contributed by atoms with Gasteiger partial charge in [-0.1, -0.05) is 11.0 Å². The highest BCUT2D eigenvalue weighted by Gasteiger charge is 2.11. The minimum absolute atomic E-state index is 0.690. The second kappa shape index (κ2) is 2.85. The number of nitrogens with one attached hydrogen (secondary N) is 2. The molecule has 0 bridgehead atoms. The second-order valence-electron chi connectivity index (χ2n) is 2.04. The first-order chi connectivity index (χ1) is 4.21. The molecule has 56 valence electrons. The molecule has 1 heterocycles. The van der Waals surface area contributed by atoms with Crippen LogP contribution in [0.4, 0.5) is 0 Å². The summed E-state index contributed by atoms with van der Waals surface area (Å²) in [5.41, 5.74) is 0. The van der Waals surface area contributed by atoms with Gasteiger partial charge in [0.15, 0.2) is 0 Å². The molecule has 0 amide bonds. The zero-order chi connectivity index (χ0) is 6.74. The Labute approximate surface area is 56.3 Å². The lowest BCUT2D eigenvalue weighted by atomic mass is 10.3. The fourth-order valence-electron chi connectivity index (χ4n) is 0.730. The Morgan fingerprint density at radius 3 is 1.89 bits per heavy atom. The van der Waals surface area contributed by atoms with Gasteiger partial charge in [-0.3, -0.25) is 9.11 Å². The third-order valence-corrected chi connectivity index (χ3v) is 2.42. The van der Waals surface area contributed by atoms with Crippen LogP contribution in [0, 0.1) is 0 Å². The van der Waals surface area contributed by atoms with Gasteiger partial charge in [0, 0.05) is 13.1 Å². The predicted octanol–water partition coefficient (Wildman–Crippen LogP) is 0.540. The van der Waals surface area contributed by atoms with Gasteiger partial charge in [0.1, 0.15) is 0 Å². The molecule has 0 radical (unpaired) electrons. The molecule has 0 atom stereocenters. The van der Waals surface area contributed by atoms with Crippen molar-refractivity contribution in [3.05, 3.63) is 0 Å². The largest absolute Gasteiger partial charge is 0.273 e. The standard InChI is InChI=1S/C4H12N2O2S/c7-9(8)5-3-1-2-4-6-9/h5-8H,1-4H2. The Hall–Kier alpha value is 0.190. The number of hydrogen-bond acceptors (Lipinski definition) is 4. The molecular formula is C4H12N2O2S. The number of rotatable bonds is 0. The molecular weight excluding hydrogens is 140 g/mol. The molecule has 4 nitrogen and oxygen atoms in total. The molecule has 0 aromatic rings. The highest BCUT2D eigenvalue weighted by molar-refractivity contribution is 8.20. The van der Waals surface area contributed by atoms with E-state index in [-0.39, 0.29) is 0 Å². The molecule has 0 aromatic heterocycles. The average Bonchev–Trinajstić information content (AvgIpc) is 1.92. The Bertz CT molecular complexity index is 88.6. The molecule has 0 unspecified atom stereocenters. The molecule has 1 aliphatic heterocycles. The topological polar surface area (TPSA) is 64.5 Å². The van der Waals surface area contributed by atoms with E-state index in [1.807, 2.05) is 0 Å². The average molecular weight is 152 g/mol. The molecule has 0 saturated carbocycles. The lowest BCUT2D eigenvalue weighted by Gasteiger charge is -2.30. The van der Waals surface area contributed by atoms with Gasteiger partial charge in [-0.15, -0.1) is 0 Å². The van der Waals surface area contributed by atoms with Crippen molar-refractivity contribution in [1.82, 2.24) is 9.44 Å². The van der Waals surface area contributed by atoms with E-state index in [4.69, 9.17) is 9.11 Å². The highest BCUT2D eigenvalue weighted by atomic mass is 32.3. The summed E-state index contributed by atoms with van der Waals surface area (Å²) in [5, 5.41) is 0. The van der Waals surface area contributed by atoms with E-state index in [9.17, 15) is 0 Å². The zero-order valence-electron chi connectivity index (χ0n) is 5.13. The van der Waals surface area contributed by atoms with Crippen molar-refractivity contribution in [2.45, 2.75) is 12.8 Å². The van der Waals surface area contributed by atoms with Crippen LogP contribution in [0.25, 0.3) is 0 Å². The maximum atomic E-state index is 8.97. The maximum Gasteiger partial charge on any atom is 0.0161 e. The van der Waals surface area contributed by atoms with Gasteiger partial charge >= 0.3 is 0 Å². The van der Waals surface area contributed by atoms with E-state index in [0.717, 1.165) is 12.8 Å². The third-order valence-electron chi connectivity index (χ3n) is 1.21. The fourth-order valence-corrected chi connectivity index (χ4v) is 1.69. The maximum absolute atomic E-state index is 8.97. The van der Waals surface area contributed by atoms with Crippen molar-refractivity contribution in [3.63, 3.8) is 0 Å². The van der Waals surface area contributed by atoms with Crippen molar-refractivity contribution in [1.29, 1.82) is 0 Å². The molecule has 1 fully saturated rings. The van der Waals surface area contributed by atoms with E-state index >= 15 is 0 Å². The summed E-state index contributed by atoms with van der Waals surface area (Å²) < 4.78 is 23.2. The molecule has 9 heavy (non-hydrogen) atoms. The monoisotopic (exact) mass is 152 g/mol. The van der Waals surface area contributed by atoms with E-state index in [1.54, 1.807) is 0 Å². The van der Waals surface area contributed by atoms with Crippen LogP contribution in [0.1, 0.15) is 12.8 Å². The summed E-state index contributed by atoms with van der Waals surface area (Å²) in [6, 6.07) is 0. The SMILES string of the molecule is OS1(O)NCCCCN1. The summed E-state index contributed by atoms with van der Waals surface area (Å²) in [7, 11) is -2.62. The molecule has 5 heteroatoms. The number of hydrogen-bond donors (Lipinski definition) is 4. The van der Waals surface area contributed by atoms with Crippen molar-refractivity contribution in [3.8, 4) is 0 Å². The first-order valence-electron chi connectivity index (χ1n) is 2.98. The Morgan fingerprint density at radius 2 is 1.44 bits per heavy atom. The van der Waals surface area contributed by atoms with Crippen molar-refractivity contribution in [2.24, 2.45) is 0 Å². The summed E-state index contributed by atoms with van der Waals surface area (Å²) in [6.45, 7) is 1.38. The first-order valence-corrected chi connectivity index (χ1v) is 4.53. The minimum atomic E-state index is -2.62. The van der Waals surface area contributed by atoms with Gasteiger partial charge < -0.3 is 0 Å². The first kappa shape index (κ1) is 7.30. The molecule has 4 N–H and O–H groups in total.